The summed E-state index contributed by atoms with van der Waals surface area (Å²) in [6.07, 6.45) is 11.0. The Bertz CT molecular complexity index is 2320. The van der Waals surface area contributed by atoms with E-state index in [1.165, 1.54) is 10.8 Å². The molecule has 7 rings (SSSR count). The number of nitrogens with one attached hydrogen (secondary N) is 1. The van der Waals surface area contributed by atoms with E-state index in [9.17, 15) is 19.7 Å². The number of ether oxygens (including phenoxy) is 5. The Labute approximate surface area is 461 Å². The molecule has 60 heavy (non-hydrogen) atoms. The van der Waals surface area contributed by atoms with Crippen molar-refractivity contribution in [3.63, 3.8) is 0 Å². The molecule has 0 aliphatic carbocycles. The number of nitrogens with two attached hydrogens (primary N) is 2. The largest absolute Gasteiger partial charge is 0.488 e. The molecule has 0 saturated carbocycles. The van der Waals surface area contributed by atoms with Gasteiger partial charge in [-0.05, 0) is 44.0 Å². The minimum absolute atomic E-state index is 0. The van der Waals surface area contributed by atoms with E-state index in [2.05, 4.69) is 34.9 Å². The number of carbonyl (C=O) groups excluding carboxylic acids is 1. The van der Waals surface area contributed by atoms with E-state index in [4.69, 9.17) is 35.2 Å². The van der Waals surface area contributed by atoms with Crippen LogP contribution in [0.1, 0.15) is 31.2 Å². The second-order valence-corrected chi connectivity index (χ2v) is 11.4. The van der Waals surface area contributed by atoms with Crippen LogP contribution in [0.25, 0.3) is 11.2 Å². The predicted octanol–water partition coefficient (Wildman–Crippen LogP) is 3.11. The summed E-state index contributed by atoms with van der Waals surface area (Å²) in [6, 6.07) is 6.92. The number of nitro groups is 1. The van der Waals surface area contributed by atoms with Crippen LogP contribution in [0.15, 0.2) is 65.8 Å². The van der Waals surface area contributed by atoms with Crippen LogP contribution in [0, 0.1) is 166 Å². The number of amides is 1. The zero-order chi connectivity index (χ0) is 38.7. The summed E-state index contributed by atoms with van der Waals surface area (Å²) >= 11 is 0. The van der Waals surface area contributed by atoms with Crippen LogP contribution < -0.4 is 41.0 Å². The Morgan fingerprint density at radius 3 is 1.93 bits per heavy atom. The zero-order valence-corrected chi connectivity index (χ0v) is 52.8. The molecule has 0 unspecified atom stereocenters. The topological polar surface area (TPSA) is 277 Å². The molecule has 5 aromatic heterocycles. The number of hydrogen-bond donors (Lipinski definition) is 3. The van der Waals surface area contributed by atoms with E-state index in [1.54, 1.807) is 31.3 Å². The van der Waals surface area contributed by atoms with Crippen LogP contribution in [-0.2, 0) is 17.8 Å². The molecule has 5 aromatic rings. The van der Waals surface area contributed by atoms with Crippen molar-refractivity contribution in [3.05, 3.63) is 92.9 Å². The van der Waals surface area contributed by atoms with Gasteiger partial charge in [0, 0.05) is 168 Å². The quantitative estimate of drug-likeness (QED) is 0.130. The third kappa shape index (κ3) is 14.8. The smallest absolute Gasteiger partial charge is 0.416 e. The summed E-state index contributed by atoms with van der Waals surface area (Å²) in [5.74, 6) is 0.397. The van der Waals surface area contributed by atoms with Gasteiger partial charge < -0.3 is 40.1 Å². The second kappa shape index (κ2) is 27.9. The Balaban J connectivity index is 0.000000560. The first kappa shape index (κ1) is 56.0. The maximum Gasteiger partial charge on any atom is 0.416 e. The van der Waals surface area contributed by atoms with Gasteiger partial charge >= 0.3 is 29.5 Å². The fourth-order valence-corrected chi connectivity index (χ4v) is 5.27. The Kier molecular flexibility index (Phi) is 26.0. The SMILES string of the molecule is CCOC(=O)N1Cc2ncccc2OC/C=C\CCOc2nc(N)c([N+](=O)[O-])c1n2.Nc1nc2nc3c1[nH]c(=O)n3Cc1ncccc1OC/C=C\CCO2.[U].[U].[U].[U].[U]. The molecule has 306 valence electrons. The number of H-pyrrole nitrogens is 1. The average molecular weight is 1950 g/mol. The molecule has 0 fully saturated rings. The monoisotopic (exact) mass is 1950 g/mol. The minimum atomic E-state index is -0.867. The van der Waals surface area contributed by atoms with Crippen molar-refractivity contribution in [2.24, 2.45) is 0 Å². The third-order valence-corrected chi connectivity index (χ3v) is 7.78. The summed E-state index contributed by atoms with van der Waals surface area (Å²) in [5, 5.41) is 11.7. The van der Waals surface area contributed by atoms with Crippen LogP contribution in [0.3, 0.4) is 0 Å². The molecule has 0 aromatic carbocycles. The summed E-state index contributed by atoms with van der Waals surface area (Å²) in [4.78, 5) is 64.5. The average Bonchev–Trinajstić information content (AvgIpc) is 3.48. The van der Waals surface area contributed by atoms with Crippen molar-refractivity contribution in [2.45, 2.75) is 32.9 Å². The van der Waals surface area contributed by atoms with Crippen LogP contribution >= 0.6 is 0 Å². The number of pyridine rings is 2. The number of carbonyl (C=O) groups is 1. The normalized spacial score (nSPS) is 14.1. The maximum atomic E-state index is 12.7. The van der Waals surface area contributed by atoms with Gasteiger partial charge in [0.05, 0.1) is 37.8 Å². The standard InChI is InChI=1S/C18H20N6O6.C16H16N6O3.5U/c1-2-28-18(25)23-11-12-13(7-6-8-20-12)29-9-4-3-5-10-30-17-21-15(19)14(24(26)27)16(23)22-17;17-13-12-14-21-15(20-13)25-8-3-1-2-7-24-11-5-4-6-18-10(11)9-22(14)16(23)19-12;;;;;/h3-4,6-8H,2,5,9-11H2,1H3,(H2,19,21,22);1-2,4-6H,3,7-9H2,(H,19,23)(H2,17,20,21);;;;;/b4-3-;2-1-;;;;;. The molecule has 2 aliphatic rings. The van der Waals surface area contributed by atoms with E-state index >= 15 is 0 Å². The van der Waals surface area contributed by atoms with Gasteiger partial charge in [0.15, 0.2) is 11.5 Å². The fourth-order valence-electron chi connectivity index (χ4n) is 5.27. The van der Waals surface area contributed by atoms with Crippen molar-refractivity contribution in [1.29, 1.82) is 0 Å². The number of anilines is 3. The van der Waals surface area contributed by atoms with Gasteiger partial charge in [-0.3, -0.25) is 24.6 Å². The van der Waals surface area contributed by atoms with Gasteiger partial charge in [0.25, 0.3) is 0 Å². The number of fused-ring (bicyclic) bond motifs is 5. The van der Waals surface area contributed by atoms with Gasteiger partial charge in [0.1, 0.15) is 41.6 Å². The Morgan fingerprint density at radius 1 is 0.817 bits per heavy atom. The predicted molar refractivity (Wildman–Crippen MR) is 196 cm³/mol. The van der Waals surface area contributed by atoms with E-state index in [1.807, 2.05) is 30.4 Å². The molecule has 26 heteroatoms. The summed E-state index contributed by atoms with van der Waals surface area (Å²) in [6.45, 7) is 2.91. The molecule has 0 radical (unpaired) electrons. The van der Waals surface area contributed by atoms with Crippen molar-refractivity contribution in [3.8, 4) is 23.5 Å². The number of hydrogen-bond acceptors (Lipinski definition) is 17. The molecule has 0 atom stereocenters. The number of aromatic nitrogens is 8. The van der Waals surface area contributed by atoms with Gasteiger partial charge in [-0.25, -0.2) is 14.5 Å². The summed E-state index contributed by atoms with van der Waals surface area (Å²) < 4.78 is 29.0. The van der Waals surface area contributed by atoms with Crippen molar-refractivity contribution >= 4 is 40.4 Å². The van der Waals surface area contributed by atoms with Crippen molar-refractivity contribution in [2.75, 3.05) is 49.4 Å². The van der Waals surface area contributed by atoms with Crippen molar-refractivity contribution < 1.29 is 189 Å². The summed E-state index contributed by atoms with van der Waals surface area (Å²) in [5.41, 5.74) is 12.5. The molecule has 2 aliphatic heterocycles. The van der Waals surface area contributed by atoms with Gasteiger partial charge in [0.2, 0.25) is 11.6 Å². The maximum absolute atomic E-state index is 12.7. The van der Waals surface area contributed by atoms with Crippen LogP contribution in [0.2, 0.25) is 0 Å². The number of nitrogens with zero attached hydrogens (tertiary/aromatic N) is 9. The molecule has 7 heterocycles. The van der Waals surface area contributed by atoms with Crippen molar-refractivity contribution in [1.82, 2.24) is 39.5 Å². The first-order chi connectivity index (χ1) is 26.7. The molecule has 1 amide bonds. The second-order valence-electron chi connectivity index (χ2n) is 11.4. The number of nitrogen functional groups attached to an aromatic ring is 2. The van der Waals surface area contributed by atoms with Gasteiger partial charge in [-0.2, -0.15) is 19.9 Å². The minimum Gasteiger partial charge on any atom is -0.488 e. The van der Waals surface area contributed by atoms with Crippen LogP contribution in [0.5, 0.6) is 23.5 Å². The molecule has 0 spiro atoms. The molecule has 0 saturated heterocycles. The molecule has 4 bridgehead atoms. The van der Waals surface area contributed by atoms with Crippen LogP contribution in [0.4, 0.5) is 27.9 Å². The van der Waals surface area contributed by atoms with Gasteiger partial charge in [-0.15, -0.1) is 0 Å². The fraction of sp³-hybridized carbons (Fsp3) is 0.294. The van der Waals surface area contributed by atoms with E-state index in [0.29, 0.717) is 60.1 Å². The number of imidazole rings is 1. The molecule has 5 N–H and O–H groups in total. The zero-order valence-electron chi connectivity index (χ0n) is 32.0. The number of aromatic amines is 1. The van der Waals surface area contributed by atoms with E-state index in [0.717, 1.165) is 4.90 Å². The van der Waals surface area contributed by atoms with Gasteiger partial charge in [-0.1, -0.05) is 24.3 Å². The van der Waals surface area contributed by atoms with E-state index < -0.39 is 22.5 Å². The third-order valence-electron chi connectivity index (χ3n) is 7.78. The molecule has 21 nitrogen and oxygen atoms in total. The van der Waals surface area contributed by atoms with Crippen LogP contribution in [-0.4, -0.2) is 83.5 Å². The first-order valence-corrected chi connectivity index (χ1v) is 16.9. The first-order valence-electron chi connectivity index (χ1n) is 16.9. The molecular weight excluding hydrogens is 1910 g/mol. The number of rotatable bonds is 2. The molecular formula is C34H36N12O9U5. The van der Waals surface area contributed by atoms with E-state index in [-0.39, 0.29) is 218 Å². The Hall–Kier alpha value is -2.06. The summed E-state index contributed by atoms with van der Waals surface area (Å²) in [7, 11) is 0. The Morgan fingerprint density at radius 2 is 1.37 bits per heavy atom.